The summed E-state index contributed by atoms with van der Waals surface area (Å²) in [7, 11) is 0. The monoisotopic (exact) mass is 240 g/mol. The van der Waals surface area contributed by atoms with Crippen LogP contribution in [0.4, 0.5) is 15.8 Å². The summed E-state index contributed by atoms with van der Waals surface area (Å²) in [6.45, 7) is 4.82. The van der Waals surface area contributed by atoms with E-state index in [4.69, 9.17) is 5.73 Å². The molecule has 0 heterocycles. The van der Waals surface area contributed by atoms with E-state index in [1.807, 2.05) is 13.8 Å². The lowest BCUT2D eigenvalue weighted by Gasteiger charge is -2.30. The Balaban J connectivity index is 2.71. The van der Waals surface area contributed by atoms with Gasteiger partial charge in [-0.1, -0.05) is 13.8 Å². The molecule has 96 valence electrons. The van der Waals surface area contributed by atoms with Crippen molar-refractivity contribution >= 4 is 11.4 Å². The highest BCUT2D eigenvalue weighted by molar-refractivity contribution is 5.54. The molecule has 0 atom stereocenters. The molecule has 0 saturated heterocycles. The first-order chi connectivity index (χ1) is 8.05. The Kier molecular flexibility index (Phi) is 4.75. The lowest BCUT2D eigenvalue weighted by Crippen LogP contribution is -2.32. The number of aliphatic hydroxyl groups is 1. The van der Waals surface area contributed by atoms with Gasteiger partial charge >= 0.3 is 0 Å². The predicted molar refractivity (Wildman–Crippen MR) is 69.4 cm³/mol. The molecule has 1 aromatic carbocycles. The maximum Gasteiger partial charge on any atom is 0.127 e. The number of aliphatic hydroxyl groups excluding tert-OH is 1. The second-order valence-electron chi connectivity index (χ2n) is 4.49. The molecule has 3 nitrogen and oxygen atoms in total. The van der Waals surface area contributed by atoms with Crippen LogP contribution < -0.4 is 11.1 Å². The summed E-state index contributed by atoms with van der Waals surface area (Å²) in [6.07, 6.45) is 1.75. The SMILES string of the molecule is CCC(CC)(CO)CNc1cc(N)cc(F)c1. The third kappa shape index (κ3) is 3.60. The van der Waals surface area contributed by atoms with Crippen molar-refractivity contribution in [2.45, 2.75) is 26.7 Å². The van der Waals surface area contributed by atoms with E-state index in [9.17, 15) is 9.50 Å². The van der Waals surface area contributed by atoms with Crippen LogP contribution in [-0.4, -0.2) is 18.3 Å². The number of nitrogen functional groups attached to an aromatic ring is 1. The summed E-state index contributed by atoms with van der Waals surface area (Å²) in [5.41, 5.74) is 6.47. The molecule has 0 amide bonds. The Bertz CT molecular complexity index is 336. The predicted octanol–water partition coefficient (Wildman–Crippen LogP) is 2.62. The Hall–Kier alpha value is -1.29. The number of hydrogen-bond acceptors (Lipinski definition) is 3. The minimum Gasteiger partial charge on any atom is -0.399 e. The van der Waals surface area contributed by atoms with Gasteiger partial charge in [0.2, 0.25) is 0 Å². The largest absolute Gasteiger partial charge is 0.399 e. The average molecular weight is 240 g/mol. The molecular weight excluding hydrogens is 219 g/mol. The number of halogens is 1. The molecule has 0 aliphatic heterocycles. The van der Waals surface area contributed by atoms with Gasteiger partial charge in [-0.25, -0.2) is 4.39 Å². The van der Waals surface area contributed by atoms with Crippen molar-refractivity contribution in [2.75, 3.05) is 24.2 Å². The lowest BCUT2D eigenvalue weighted by atomic mass is 9.83. The zero-order valence-electron chi connectivity index (χ0n) is 10.5. The number of nitrogens with one attached hydrogen (secondary N) is 1. The molecule has 4 heteroatoms. The molecule has 0 saturated carbocycles. The number of nitrogens with two attached hydrogens (primary N) is 1. The summed E-state index contributed by atoms with van der Waals surface area (Å²) < 4.78 is 13.1. The zero-order chi connectivity index (χ0) is 12.9. The molecular formula is C13H21FN2O. The molecule has 0 spiro atoms. The van der Waals surface area contributed by atoms with Gasteiger partial charge in [0, 0.05) is 23.3 Å². The Morgan fingerprint density at radius 1 is 1.29 bits per heavy atom. The minimum absolute atomic E-state index is 0.123. The average Bonchev–Trinajstić information content (AvgIpc) is 2.30. The second-order valence-corrected chi connectivity index (χ2v) is 4.49. The maximum atomic E-state index is 13.1. The van der Waals surface area contributed by atoms with E-state index >= 15 is 0 Å². The van der Waals surface area contributed by atoms with Crippen LogP contribution in [0.5, 0.6) is 0 Å². The van der Waals surface area contributed by atoms with Crippen LogP contribution >= 0.6 is 0 Å². The van der Waals surface area contributed by atoms with Crippen molar-refractivity contribution in [1.29, 1.82) is 0 Å². The van der Waals surface area contributed by atoms with Crippen molar-refractivity contribution in [3.8, 4) is 0 Å². The molecule has 0 bridgehead atoms. The smallest absolute Gasteiger partial charge is 0.127 e. The third-order valence-corrected chi connectivity index (χ3v) is 3.42. The van der Waals surface area contributed by atoms with E-state index < -0.39 is 0 Å². The lowest BCUT2D eigenvalue weighted by molar-refractivity contribution is 0.127. The van der Waals surface area contributed by atoms with Crippen LogP contribution in [0.2, 0.25) is 0 Å². The first-order valence-electron chi connectivity index (χ1n) is 5.96. The van der Waals surface area contributed by atoms with Gasteiger partial charge in [-0.15, -0.1) is 0 Å². The Morgan fingerprint density at radius 2 is 1.94 bits per heavy atom. The molecule has 1 rings (SSSR count). The summed E-state index contributed by atoms with van der Waals surface area (Å²) >= 11 is 0. The van der Waals surface area contributed by atoms with E-state index in [0.717, 1.165) is 12.8 Å². The molecule has 0 fully saturated rings. The van der Waals surface area contributed by atoms with Crippen LogP contribution in [0.3, 0.4) is 0 Å². The minimum atomic E-state index is -0.352. The first kappa shape index (κ1) is 13.8. The molecule has 0 aliphatic carbocycles. The van der Waals surface area contributed by atoms with Gasteiger partial charge in [0.05, 0.1) is 6.61 Å². The molecule has 1 aromatic rings. The highest BCUT2D eigenvalue weighted by Crippen LogP contribution is 2.26. The van der Waals surface area contributed by atoms with Gasteiger partial charge in [-0.05, 0) is 31.0 Å². The number of rotatable bonds is 6. The fourth-order valence-electron chi connectivity index (χ4n) is 1.78. The Morgan fingerprint density at radius 3 is 2.41 bits per heavy atom. The normalized spacial score (nSPS) is 11.5. The molecule has 0 aliphatic rings. The van der Waals surface area contributed by atoms with Gasteiger partial charge in [0.15, 0.2) is 0 Å². The first-order valence-corrected chi connectivity index (χ1v) is 5.96. The van der Waals surface area contributed by atoms with Gasteiger partial charge in [0.25, 0.3) is 0 Å². The van der Waals surface area contributed by atoms with Crippen LogP contribution in [0.25, 0.3) is 0 Å². The van der Waals surface area contributed by atoms with E-state index in [1.54, 1.807) is 6.07 Å². The van der Waals surface area contributed by atoms with Gasteiger partial charge in [-0.3, -0.25) is 0 Å². The zero-order valence-corrected chi connectivity index (χ0v) is 10.5. The maximum absolute atomic E-state index is 13.1. The van der Waals surface area contributed by atoms with Crippen molar-refractivity contribution in [2.24, 2.45) is 5.41 Å². The van der Waals surface area contributed by atoms with E-state index in [1.165, 1.54) is 12.1 Å². The van der Waals surface area contributed by atoms with Gasteiger partial charge in [-0.2, -0.15) is 0 Å². The third-order valence-electron chi connectivity index (χ3n) is 3.42. The van der Waals surface area contributed by atoms with Gasteiger partial charge in [0.1, 0.15) is 5.82 Å². The molecule has 4 N–H and O–H groups in total. The second kappa shape index (κ2) is 5.87. The van der Waals surface area contributed by atoms with Crippen LogP contribution in [-0.2, 0) is 0 Å². The van der Waals surface area contributed by atoms with Crippen molar-refractivity contribution in [1.82, 2.24) is 0 Å². The molecule has 0 unspecified atom stereocenters. The van der Waals surface area contributed by atoms with Crippen LogP contribution in [0.1, 0.15) is 26.7 Å². The summed E-state index contributed by atoms with van der Waals surface area (Å²) in [4.78, 5) is 0. The molecule has 0 aromatic heterocycles. The molecule has 0 radical (unpaired) electrons. The summed E-state index contributed by atoms with van der Waals surface area (Å²) in [5.74, 6) is -0.352. The van der Waals surface area contributed by atoms with E-state index in [2.05, 4.69) is 5.32 Å². The number of hydrogen-bond donors (Lipinski definition) is 3. The van der Waals surface area contributed by atoms with E-state index in [0.29, 0.717) is 17.9 Å². The summed E-state index contributed by atoms with van der Waals surface area (Å²) in [5, 5.41) is 12.6. The van der Waals surface area contributed by atoms with Crippen LogP contribution in [0, 0.1) is 11.2 Å². The van der Waals surface area contributed by atoms with Crippen molar-refractivity contribution in [3.05, 3.63) is 24.0 Å². The van der Waals surface area contributed by atoms with E-state index in [-0.39, 0.29) is 17.8 Å². The molecule has 17 heavy (non-hydrogen) atoms. The quantitative estimate of drug-likeness (QED) is 0.670. The summed E-state index contributed by atoms with van der Waals surface area (Å²) in [6, 6.07) is 4.38. The van der Waals surface area contributed by atoms with Crippen LogP contribution in [0.15, 0.2) is 18.2 Å². The fraction of sp³-hybridized carbons (Fsp3) is 0.538. The Labute approximate surface area is 102 Å². The topological polar surface area (TPSA) is 58.3 Å². The van der Waals surface area contributed by atoms with Crippen molar-refractivity contribution in [3.63, 3.8) is 0 Å². The number of benzene rings is 1. The number of anilines is 2. The fourth-order valence-corrected chi connectivity index (χ4v) is 1.78. The highest BCUT2D eigenvalue weighted by Gasteiger charge is 2.24. The highest BCUT2D eigenvalue weighted by atomic mass is 19.1. The standard InChI is InChI=1S/C13H21FN2O/c1-3-13(4-2,9-17)8-16-12-6-10(14)5-11(15)7-12/h5-7,16-17H,3-4,8-9,15H2,1-2H3. The van der Waals surface area contributed by atoms with Crippen molar-refractivity contribution < 1.29 is 9.50 Å². The van der Waals surface area contributed by atoms with Gasteiger partial charge < -0.3 is 16.2 Å².